The Kier molecular flexibility index (Phi) is 8.11. The molecule has 7 heteroatoms. The second-order valence-corrected chi connectivity index (χ2v) is 4.88. The molecule has 0 rings (SSSR count). The van der Waals surface area contributed by atoms with Crippen molar-refractivity contribution >= 4 is 16.4 Å². The maximum Gasteiger partial charge on any atom is 0.397 e. The second-order valence-electron chi connectivity index (χ2n) is 3.79. The van der Waals surface area contributed by atoms with Gasteiger partial charge in [-0.25, -0.2) is 8.98 Å². The van der Waals surface area contributed by atoms with Crippen LogP contribution in [-0.2, 0) is 24.1 Å². The van der Waals surface area contributed by atoms with E-state index in [0.717, 1.165) is 25.7 Å². The first-order valence-electron chi connectivity index (χ1n) is 5.66. The smallest absolute Gasteiger partial charge is 0.397 e. The van der Waals surface area contributed by atoms with Crippen molar-refractivity contribution in [1.29, 1.82) is 0 Å². The lowest BCUT2D eigenvalue weighted by Gasteiger charge is -2.14. The van der Waals surface area contributed by atoms with Gasteiger partial charge >= 0.3 is 16.4 Å². The summed E-state index contributed by atoms with van der Waals surface area (Å²) in [6.07, 6.45) is 4.01. The van der Waals surface area contributed by atoms with Gasteiger partial charge in [0.2, 0.25) is 0 Å². The number of carbonyl (C=O) groups excluding carboxylic acids is 1. The van der Waals surface area contributed by atoms with Crippen molar-refractivity contribution in [3.63, 3.8) is 0 Å². The van der Waals surface area contributed by atoms with Crippen LogP contribution >= 0.6 is 0 Å². The molecule has 0 radical (unpaired) electrons. The summed E-state index contributed by atoms with van der Waals surface area (Å²) < 4.78 is 37.4. The van der Waals surface area contributed by atoms with Gasteiger partial charge in [-0.2, -0.15) is 8.42 Å². The highest BCUT2D eigenvalue weighted by Crippen LogP contribution is 2.12. The Morgan fingerprint density at radius 2 is 2.00 bits per heavy atom. The molecule has 6 nitrogen and oxygen atoms in total. The van der Waals surface area contributed by atoms with Crippen LogP contribution in [0.5, 0.6) is 0 Å². The highest BCUT2D eigenvalue weighted by Gasteiger charge is 2.13. The molecule has 0 fully saturated rings. The molecule has 0 aromatic carbocycles. The fraction of sp³-hybridized carbons (Fsp3) is 0.900. The number of carbonyl (C=O) groups is 1. The predicted octanol–water partition coefficient (Wildman–Crippen LogP) is 1.57. The van der Waals surface area contributed by atoms with Crippen molar-refractivity contribution < 1.29 is 26.7 Å². The highest BCUT2D eigenvalue weighted by molar-refractivity contribution is 7.80. The Labute approximate surface area is 102 Å². The Bertz CT molecular complexity index is 311. The first-order chi connectivity index (χ1) is 7.89. The van der Waals surface area contributed by atoms with Gasteiger partial charge < -0.3 is 4.74 Å². The number of rotatable bonds is 9. The van der Waals surface area contributed by atoms with Gasteiger partial charge in [0.15, 0.2) is 6.61 Å². The zero-order valence-corrected chi connectivity index (χ0v) is 11.0. The van der Waals surface area contributed by atoms with E-state index in [1.165, 1.54) is 0 Å². The van der Waals surface area contributed by atoms with E-state index in [1.54, 1.807) is 0 Å². The summed E-state index contributed by atoms with van der Waals surface area (Å²) in [6.45, 7) is 3.55. The van der Waals surface area contributed by atoms with E-state index < -0.39 is 23.0 Å². The van der Waals surface area contributed by atoms with Gasteiger partial charge in [-0.3, -0.25) is 4.55 Å². The third kappa shape index (κ3) is 10.2. The summed E-state index contributed by atoms with van der Waals surface area (Å²) in [5.74, 6) is -0.512. The third-order valence-electron chi connectivity index (χ3n) is 2.35. The molecule has 0 saturated heterocycles. The van der Waals surface area contributed by atoms with Gasteiger partial charge in [-0.15, -0.1) is 0 Å². The van der Waals surface area contributed by atoms with Crippen molar-refractivity contribution in [2.75, 3.05) is 13.2 Å². The molecule has 0 bridgehead atoms. The topological polar surface area (TPSA) is 89.9 Å². The summed E-state index contributed by atoms with van der Waals surface area (Å²) in [6, 6.07) is 0. The lowest BCUT2D eigenvalue weighted by Crippen LogP contribution is -2.19. The molecule has 0 aromatic rings. The van der Waals surface area contributed by atoms with Gasteiger partial charge in [-0.1, -0.05) is 33.1 Å². The van der Waals surface area contributed by atoms with E-state index in [9.17, 15) is 13.2 Å². The minimum absolute atomic E-state index is 0.254. The van der Waals surface area contributed by atoms with Gasteiger partial charge in [0, 0.05) is 0 Å². The molecule has 102 valence electrons. The summed E-state index contributed by atoms with van der Waals surface area (Å²) in [4.78, 5) is 11.1. The molecule has 0 aromatic heterocycles. The molecule has 1 unspecified atom stereocenters. The summed E-state index contributed by atoms with van der Waals surface area (Å²) in [7, 11) is -4.58. The minimum Gasteiger partial charge on any atom is -0.464 e. The number of esters is 1. The van der Waals surface area contributed by atoms with Gasteiger partial charge in [-0.05, 0) is 12.3 Å². The molecule has 0 aliphatic heterocycles. The summed E-state index contributed by atoms with van der Waals surface area (Å²) >= 11 is 0. The predicted molar refractivity (Wildman–Crippen MR) is 61.8 cm³/mol. The lowest BCUT2D eigenvalue weighted by atomic mass is 10.0. The highest BCUT2D eigenvalue weighted by atomic mass is 32.3. The van der Waals surface area contributed by atoms with Crippen molar-refractivity contribution in [3.05, 3.63) is 0 Å². The molecule has 0 spiro atoms. The van der Waals surface area contributed by atoms with Gasteiger partial charge in [0.1, 0.15) is 0 Å². The molecule has 0 aliphatic rings. The van der Waals surface area contributed by atoms with E-state index in [1.807, 2.05) is 6.92 Å². The molecular formula is C10H20O6S. The summed E-state index contributed by atoms with van der Waals surface area (Å²) in [5, 5.41) is 0. The van der Waals surface area contributed by atoms with E-state index in [-0.39, 0.29) is 12.5 Å². The fourth-order valence-corrected chi connectivity index (χ4v) is 1.52. The zero-order valence-electron chi connectivity index (χ0n) is 10.2. The Morgan fingerprint density at radius 1 is 1.35 bits per heavy atom. The Morgan fingerprint density at radius 3 is 2.47 bits per heavy atom. The largest absolute Gasteiger partial charge is 0.464 e. The van der Waals surface area contributed by atoms with E-state index in [2.05, 4.69) is 11.1 Å². The van der Waals surface area contributed by atoms with Crippen LogP contribution < -0.4 is 0 Å². The number of ether oxygens (including phenoxy) is 1. The molecule has 0 heterocycles. The molecule has 1 atom stereocenters. The SMILES string of the molecule is CCCCC(CC)COC(=O)COS(=O)(=O)O. The molecule has 0 aliphatic carbocycles. The molecule has 1 N–H and O–H groups in total. The standard InChI is InChI=1S/C10H20O6S/c1-3-5-6-9(4-2)7-15-10(11)8-16-17(12,13)14/h9H,3-8H2,1-2H3,(H,12,13,14). The third-order valence-corrected chi connectivity index (χ3v) is 2.76. The quantitative estimate of drug-likeness (QED) is 0.504. The lowest BCUT2D eigenvalue weighted by molar-refractivity contribution is -0.147. The molecule has 17 heavy (non-hydrogen) atoms. The zero-order chi connectivity index (χ0) is 13.3. The first-order valence-corrected chi connectivity index (χ1v) is 7.03. The van der Waals surface area contributed by atoms with E-state index in [0.29, 0.717) is 0 Å². The van der Waals surface area contributed by atoms with Crippen LogP contribution in [0.3, 0.4) is 0 Å². The maximum absolute atomic E-state index is 11.1. The van der Waals surface area contributed by atoms with Crippen LogP contribution in [0.15, 0.2) is 0 Å². The van der Waals surface area contributed by atoms with Crippen LogP contribution in [-0.4, -0.2) is 32.2 Å². The van der Waals surface area contributed by atoms with Crippen molar-refractivity contribution in [1.82, 2.24) is 0 Å². The van der Waals surface area contributed by atoms with Crippen LogP contribution in [0.1, 0.15) is 39.5 Å². The second kappa shape index (κ2) is 8.43. The first kappa shape index (κ1) is 16.3. The molecule has 0 amide bonds. The number of hydrogen-bond acceptors (Lipinski definition) is 5. The Hall–Kier alpha value is -0.660. The van der Waals surface area contributed by atoms with Crippen molar-refractivity contribution in [3.8, 4) is 0 Å². The van der Waals surface area contributed by atoms with Gasteiger partial charge in [0.05, 0.1) is 6.61 Å². The summed E-state index contributed by atoms with van der Waals surface area (Å²) in [5.41, 5.74) is 0. The Balaban J connectivity index is 3.81. The van der Waals surface area contributed by atoms with Crippen molar-refractivity contribution in [2.45, 2.75) is 39.5 Å². The number of hydrogen-bond donors (Lipinski definition) is 1. The van der Waals surface area contributed by atoms with Crippen molar-refractivity contribution in [2.24, 2.45) is 5.92 Å². The molecule has 0 saturated carbocycles. The van der Waals surface area contributed by atoms with Crippen LogP contribution in [0.2, 0.25) is 0 Å². The van der Waals surface area contributed by atoms with Crippen LogP contribution in [0, 0.1) is 5.92 Å². The monoisotopic (exact) mass is 268 g/mol. The average molecular weight is 268 g/mol. The number of unbranched alkanes of at least 4 members (excludes halogenated alkanes) is 1. The van der Waals surface area contributed by atoms with Crippen LogP contribution in [0.4, 0.5) is 0 Å². The fourth-order valence-electron chi connectivity index (χ4n) is 1.27. The molecular weight excluding hydrogens is 248 g/mol. The van der Waals surface area contributed by atoms with Crippen LogP contribution in [0.25, 0.3) is 0 Å². The maximum atomic E-state index is 11.1. The minimum atomic E-state index is -4.58. The normalized spacial score (nSPS) is 13.4. The van der Waals surface area contributed by atoms with E-state index >= 15 is 0 Å². The van der Waals surface area contributed by atoms with Gasteiger partial charge in [0.25, 0.3) is 0 Å². The average Bonchev–Trinajstić information content (AvgIpc) is 2.25. The van der Waals surface area contributed by atoms with E-state index in [4.69, 9.17) is 9.29 Å².